The van der Waals surface area contributed by atoms with Crippen molar-refractivity contribution in [2.75, 3.05) is 4.90 Å². The first-order valence-corrected chi connectivity index (χ1v) is 7.61. The highest BCUT2D eigenvalue weighted by atomic mass is 19.4. The summed E-state index contributed by atoms with van der Waals surface area (Å²) in [6.07, 6.45) is -1.99. The van der Waals surface area contributed by atoms with Gasteiger partial charge in [0, 0.05) is 29.9 Å². The summed E-state index contributed by atoms with van der Waals surface area (Å²) < 4.78 is 37.3. The Bertz CT molecular complexity index is 634. The number of rotatable bonds is 3. The number of carboxylic acid groups (broad SMARTS) is 1. The summed E-state index contributed by atoms with van der Waals surface area (Å²) in [6, 6.07) is 2.63. The number of hydrogen-bond acceptors (Lipinski definition) is 4. The molecular weight excluding hydrogens is 327 g/mol. The molecule has 0 unspecified atom stereocenters. The molecule has 2 bridgehead atoms. The van der Waals surface area contributed by atoms with Crippen LogP contribution in [0.15, 0.2) is 18.3 Å². The molecule has 1 amide bonds. The Labute approximate surface area is 135 Å². The number of piperidine rings is 1. The van der Waals surface area contributed by atoms with Crippen LogP contribution in [0.25, 0.3) is 0 Å². The number of aromatic nitrogens is 1. The van der Waals surface area contributed by atoms with Crippen molar-refractivity contribution in [2.24, 2.45) is 0 Å². The first kappa shape index (κ1) is 16.5. The van der Waals surface area contributed by atoms with Crippen LogP contribution in [0.4, 0.5) is 23.8 Å². The molecule has 0 aliphatic carbocycles. The number of carbonyl (C=O) groups excluding carboxylic acids is 1. The predicted molar refractivity (Wildman–Crippen MR) is 78.1 cm³/mol. The second-order valence-corrected chi connectivity index (χ2v) is 6.14. The lowest BCUT2D eigenvalue weighted by Gasteiger charge is -2.39. The monoisotopic (exact) mass is 343 g/mol. The van der Waals surface area contributed by atoms with E-state index in [0.717, 1.165) is 25.1 Å². The molecule has 0 aromatic carbocycles. The number of halogens is 3. The Kier molecular flexibility index (Phi) is 4.10. The molecule has 0 radical (unpaired) electrons. The van der Waals surface area contributed by atoms with E-state index in [1.165, 1.54) is 6.07 Å². The molecule has 1 aromatic rings. The van der Waals surface area contributed by atoms with Crippen molar-refractivity contribution in [3.05, 3.63) is 23.9 Å². The van der Waals surface area contributed by atoms with Gasteiger partial charge >= 0.3 is 12.3 Å². The van der Waals surface area contributed by atoms with Crippen LogP contribution in [0.3, 0.4) is 0 Å². The fourth-order valence-corrected chi connectivity index (χ4v) is 3.68. The van der Waals surface area contributed by atoms with Crippen LogP contribution < -0.4 is 10.2 Å². The van der Waals surface area contributed by atoms with Crippen LogP contribution in [0, 0.1) is 0 Å². The maximum Gasteiger partial charge on any atom is 0.454 e. The number of Topliss-reactive ketones (excluding diaryl/α,β-unsaturated/α-hetero) is 1. The third-order valence-electron chi connectivity index (χ3n) is 4.59. The van der Waals surface area contributed by atoms with Gasteiger partial charge in [0.05, 0.1) is 0 Å². The molecule has 6 nitrogen and oxygen atoms in total. The quantitative estimate of drug-likeness (QED) is 0.825. The number of hydrogen-bond donors (Lipinski definition) is 2. The van der Waals surface area contributed by atoms with Gasteiger partial charge in [0.1, 0.15) is 5.82 Å². The van der Waals surface area contributed by atoms with E-state index < -0.39 is 23.6 Å². The molecule has 9 heteroatoms. The Morgan fingerprint density at radius 1 is 1.21 bits per heavy atom. The Balaban J connectivity index is 1.74. The van der Waals surface area contributed by atoms with Gasteiger partial charge in [-0.2, -0.15) is 13.2 Å². The van der Waals surface area contributed by atoms with Crippen molar-refractivity contribution >= 4 is 17.7 Å². The zero-order valence-corrected chi connectivity index (χ0v) is 12.6. The second-order valence-electron chi connectivity index (χ2n) is 6.14. The van der Waals surface area contributed by atoms with Gasteiger partial charge in [-0.3, -0.25) is 4.79 Å². The van der Waals surface area contributed by atoms with Gasteiger partial charge in [-0.1, -0.05) is 0 Å². The molecule has 0 spiro atoms. The van der Waals surface area contributed by atoms with Crippen molar-refractivity contribution in [1.82, 2.24) is 10.3 Å². The standard InChI is InChI=1S/C15H16F3N3O3/c16-15(17,18)13(22)8-1-4-12(19-7-8)21-10-2-3-11(21)6-9(5-10)20-14(23)24/h1,4,7,9-11,20H,2-3,5-6H2,(H,23,24)/t9-,10+,11-. The molecule has 2 fully saturated rings. The van der Waals surface area contributed by atoms with Gasteiger partial charge in [0.25, 0.3) is 5.78 Å². The molecule has 24 heavy (non-hydrogen) atoms. The second kappa shape index (κ2) is 5.95. The van der Waals surface area contributed by atoms with E-state index in [1.54, 1.807) is 0 Å². The van der Waals surface area contributed by atoms with Crippen LogP contribution in [0.5, 0.6) is 0 Å². The van der Waals surface area contributed by atoms with Gasteiger partial charge in [0.2, 0.25) is 0 Å². The molecule has 2 aliphatic rings. The van der Waals surface area contributed by atoms with Crippen molar-refractivity contribution < 1.29 is 27.9 Å². The van der Waals surface area contributed by atoms with Gasteiger partial charge < -0.3 is 15.3 Å². The Hall–Kier alpha value is -2.32. The molecule has 1 aromatic heterocycles. The van der Waals surface area contributed by atoms with E-state index >= 15 is 0 Å². The lowest BCUT2D eigenvalue weighted by molar-refractivity contribution is -0.0885. The normalized spacial score (nSPS) is 26.3. The summed E-state index contributed by atoms with van der Waals surface area (Å²) in [7, 11) is 0. The minimum Gasteiger partial charge on any atom is -0.465 e. The highest BCUT2D eigenvalue weighted by Gasteiger charge is 2.42. The average molecular weight is 343 g/mol. The zero-order valence-electron chi connectivity index (χ0n) is 12.6. The van der Waals surface area contributed by atoms with Gasteiger partial charge in [-0.25, -0.2) is 9.78 Å². The molecule has 3 heterocycles. The van der Waals surface area contributed by atoms with Crippen molar-refractivity contribution in [2.45, 2.75) is 50.0 Å². The molecule has 0 saturated carbocycles. The van der Waals surface area contributed by atoms with Crippen molar-refractivity contribution in [1.29, 1.82) is 0 Å². The number of nitrogens with zero attached hydrogens (tertiary/aromatic N) is 2. The predicted octanol–water partition coefficient (Wildman–Crippen LogP) is 2.59. The molecule has 3 rings (SSSR count). The van der Waals surface area contributed by atoms with E-state index in [1.807, 2.05) is 4.90 Å². The summed E-state index contributed by atoms with van der Waals surface area (Å²) >= 11 is 0. The Morgan fingerprint density at radius 3 is 2.29 bits per heavy atom. The Morgan fingerprint density at radius 2 is 1.83 bits per heavy atom. The topological polar surface area (TPSA) is 82.5 Å². The number of anilines is 1. The number of alkyl halides is 3. The zero-order chi connectivity index (χ0) is 17.5. The summed E-state index contributed by atoms with van der Waals surface area (Å²) in [4.78, 5) is 28.0. The van der Waals surface area contributed by atoms with Crippen LogP contribution >= 0.6 is 0 Å². The van der Waals surface area contributed by atoms with Crippen LogP contribution in [0.1, 0.15) is 36.0 Å². The van der Waals surface area contributed by atoms with Crippen molar-refractivity contribution in [3.63, 3.8) is 0 Å². The number of carbonyl (C=O) groups is 2. The van der Waals surface area contributed by atoms with Gasteiger partial charge in [-0.05, 0) is 37.8 Å². The molecule has 2 N–H and O–H groups in total. The third-order valence-corrected chi connectivity index (χ3v) is 4.59. The number of fused-ring (bicyclic) bond motifs is 2. The largest absolute Gasteiger partial charge is 0.465 e. The summed E-state index contributed by atoms with van der Waals surface area (Å²) in [5.41, 5.74) is -0.485. The van der Waals surface area contributed by atoms with E-state index in [4.69, 9.17) is 5.11 Å². The number of amides is 1. The lowest BCUT2D eigenvalue weighted by Crippen LogP contribution is -2.50. The van der Waals surface area contributed by atoms with Crippen LogP contribution in [0.2, 0.25) is 0 Å². The number of nitrogens with one attached hydrogen (secondary N) is 1. The highest BCUT2D eigenvalue weighted by Crippen LogP contribution is 2.38. The van der Waals surface area contributed by atoms with Crippen molar-refractivity contribution in [3.8, 4) is 0 Å². The van der Waals surface area contributed by atoms with Gasteiger partial charge in [-0.15, -0.1) is 0 Å². The minimum absolute atomic E-state index is 0.0947. The molecule has 2 saturated heterocycles. The SMILES string of the molecule is O=C(O)N[C@H]1C[C@H]2CC[C@@H](C1)N2c1ccc(C(=O)C(F)(F)F)cn1. The molecule has 2 aliphatic heterocycles. The van der Waals surface area contributed by atoms with Gasteiger partial charge in [0.15, 0.2) is 0 Å². The van der Waals surface area contributed by atoms with E-state index in [9.17, 15) is 22.8 Å². The molecule has 130 valence electrons. The maximum atomic E-state index is 12.4. The van der Waals surface area contributed by atoms with E-state index in [0.29, 0.717) is 18.7 Å². The fraction of sp³-hybridized carbons (Fsp3) is 0.533. The summed E-state index contributed by atoms with van der Waals surface area (Å²) in [5.74, 6) is -1.39. The molecular formula is C15H16F3N3O3. The first-order chi connectivity index (χ1) is 11.3. The third kappa shape index (κ3) is 3.15. The number of ketones is 1. The van der Waals surface area contributed by atoms with E-state index in [-0.39, 0.29) is 18.1 Å². The fourth-order valence-electron chi connectivity index (χ4n) is 3.68. The average Bonchev–Trinajstić information content (AvgIpc) is 2.76. The first-order valence-electron chi connectivity index (χ1n) is 7.61. The van der Waals surface area contributed by atoms with E-state index in [2.05, 4.69) is 10.3 Å². The van der Waals surface area contributed by atoms with Crippen LogP contribution in [-0.2, 0) is 0 Å². The van der Waals surface area contributed by atoms with Crippen LogP contribution in [-0.4, -0.2) is 46.3 Å². The summed E-state index contributed by atoms with van der Waals surface area (Å²) in [5, 5.41) is 11.3. The molecule has 3 atom stereocenters. The minimum atomic E-state index is -4.91. The summed E-state index contributed by atoms with van der Waals surface area (Å²) in [6.45, 7) is 0. The highest BCUT2D eigenvalue weighted by molar-refractivity contribution is 6.00. The smallest absolute Gasteiger partial charge is 0.454 e. The maximum absolute atomic E-state index is 12.4. The number of pyridine rings is 1. The lowest BCUT2D eigenvalue weighted by atomic mass is 9.97.